The molecule has 0 aliphatic carbocycles. The molecule has 2 rings (SSSR count). The molecular weight excluding hydrogens is 234 g/mol. The van der Waals surface area contributed by atoms with Crippen molar-refractivity contribution in [3.8, 4) is 0 Å². The number of aliphatic hydroxyl groups excluding tert-OH is 1. The van der Waals surface area contributed by atoms with Crippen LogP contribution in [-0.2, 0) is 9.59 Å². The lowest BCUT2D eigenvalue weighted by atomic mass is 10.1. The SMILES string of the molecule is CC(=O)[C@@H]1C[C@@H](O)CN1C(=O)CC1=CNCN1C. The normalized spacial score (nSPS) is 27.2. The van der Waals surface area contributed by atoms with Crippen LogP contribution in [0.5, 0.6) is 0 Å². The monoisotopic (exact) mass is 253 g/mol. The molecular formula is C12H19N3O3. The van der Waals surface area contributed by atoms with Crippen LogP contribution in [0.4, 0.5) is 0 Å². The Morgan fingerprint density at radius 1 is 1.56 bits per heavy atom. The zero-order valence-electron chi connectivity index (χ0n) is 10.7. The molecule has 1 fully saturated rings. The molecule has 6 nitrogen and oxygen atoms in total. The third-order valence-corrected chi connectivity index (χ3v) is 3.49. The fourth-order valence-electron chi connectivity index (χ4n) is 2.43. The van der Waals surface area contributed by atoms with Crippen LogP contribution in [-0.4, -0.2) is 59.0 Å². The zero-order chi connectivity index (χ0) is 13.3. The molecule has 0 aromatic carbocycles. The predicted molar refractivity (Wildman–Crippen MR) is 65.3 cm³/mol. The average molecular weight is 253 g/mol. The van der Waals surface area contributed by atoms with E-state index in [1.165, 1.54) is 11.8 Å². The minimum atomic E-state index is -0.587. The van der Waals surface area contributed by atoms with Gasteiger partial charge in [-0.3, -0.25) is 9.59 Å². The van der Waals surface area contributed by atoms with E-state index in [1.54, 1.807) is 0 Å². The molecule has 18 heavy (non-hydrogen) atoms. The highest BCUT2D eigenvalue weighted by Gasteiger charge is 2.37. The van der Waals surface area contributed by atoms with Gasteiger partial charge in [-0.05, 0) is 6.92 Å². The number of ketones is 1. The average Bonchev–Trinajstić information content (AvgIpc) is 2.86. The van der Waals surface area contributed by atoms with Gasteiger partial charge in [0.2, 0.25) is 5.91 Å². The van der Waals surface area contributed by atoms with Crippen LogP contribution >= 0.6 is 0 Å². The third-order valence-electron chi connectivity index (χ3n) is 3.49. The number of aliphatic hydroxyl groups is 1. The van der Waals surface area contributed by atoms with Crippen molar-refractivity contribution in [2.45, 2.75) is 31.9 Å². The first-order valence-electron chi connectivity index (χ1n) is 6.10. The van der Waals surface area contributed by atoms with Crippen LogP contribution in [0.15, 0.2) is 11.9 Å². The fourth-order valence-corrected chi connectivity index (χ4v) is 2.43. The van der Waals surface area contributed by atoms with E-state index in [9.17, 15) is 14.7 Å². The number of carbonyl (C=O) groups is 2. The van der Waals surface area contributed by atoms with E-state index >= 15 is 0 Å². The Balaban J connectivity index is 2.02. The van der Waals surface area contributed by atoms with Crippen molar-refractivity contribution in [2.24, 2.45) is 0 Å². The summed E-state index contributed by atoms with van der Waals surface area (Å²) < 4.78 is 0. The summed E-state index contributed by atoms with van der Waals surface area (Å²) in [7, 11) is 1.90. The third kappa shape index (κ3) is 2.48. The molecule has 0 unspecified atom stereocenters. The smallest absolute Gasteiger partial charge is 0.229 e. The quantitative estimate of drug-likeness (QED) is 0.693. The molecule has 2 heterocycles. The molecule has 100 valence electrons. The second-order valence-corrected chi connectivity index (χ2v) is 4.93. The van der Waals surface area contributed by atoms with Crippen molar-refractivity contribution < 1.29 is 14.7 Å². The summed E-state index contributed by atoms with van der Waals surface area (Å²) in [5.74, 6) is -0.166. The molecule has 0 aromatic rings. The molecule has 2 N–H and O–H groups in total. The highest BCUT2D eigenvalue weighted by atomic mass is 16.3. The van der Waals surface area contributed by atoms with Crippen LogP contribution in [0.3, 0.4) is 0 Å². The Kier molecular flexibility index (Phi) is 3.56. The number of Topliss-reactive ketones (excluding diaryl/α,β-unsaturated/α-hetero) is 1. The number of nitrogens with zero attached hydrogens (tertiary/aromatic N) is 2. The van der Waals surface area contributed by atoms with Crippen LogP contribution < -0.4 is 5.32 Å². The molecule has 1 saturated heterocycles. The van der Waals surface area contributed by atoms with E-state index in [1.807, 2.05) is 18.1 Å². The van der Waals surface area contributed by atoms with E-state index in [4.69, 9.17) is 0 Å². The van der Waals surface area contributed by atoms with Gasteiger partial charge >= 0.3 is 0 Å². The second kappa shape index (κ2) is 4.97. The van der Waals surface area contributed by atoms with Gasteiger partial charge in [-0.2, -0.15) is 0 Å². The van der Waals surface area contributed by atoms with E-state index < -0.39 is 12.1 Å². The van der Waals surface area contributed by atoms with E-state index in [-0.39, 0.29) is 24.7 Å². The number of likely N-dealkylation sites (tertiary alicyclic amines) is 1. The maximum Gasteiger partial charge on any atom is 0.229 e. The molecule has 2 atom stereocenters. The summed E-state index contributed by atoms with van der Waals surface area (Å²) in [4.78, 5) is 27.1. The molecule has 2 aliphatic heterocycles. The summed E-state index contributed by atoms with van der Waals surface area (Å²) in [6.45, 7) is 2.42. The highest BCUT2D eigenvalue weighted by molar-refractivity contribution is 5.89. The van der Waals surface area contributed by atoms with Crippen molar-refractivity contribution in [1.29, 1.82) is 0 Å². The molecule has 0 spiro atoms. The highest BCUT2D eigenvalue weighted by Crippen LogP contribution is 2.21. The topological polar surface area (TPSA) is 72.9 Å². The summed E-state index contributed by atoms with van der Waals surface area (Å²) in [5, 5.41) is 12.6. The van der Waals surface area contributed by atoms with Crippen molar-refractivity contribution >= 4 is 11.7 Å². The van der Waals surface area contributed by atoms with Gasteiger partial charge in [0, 0.05) is 31.9 Å². The minimum absolute atomic E-state index is 0.0632. The Labute approximate surface area is 106 Å². The van der Waals surface area contributed by atoms with Gasteiger partial charge < -0.3 is 20.2 Å². The Morgan fingerprint density at radius 3 is 2.83 bits per heavy atom. The van der Waals surface area contributed by atoms with Crippen molar-refractivity contribution in [2.75, 3.05) is 20.3 Å². The number of rotatable bonds is 3. The predicted octanol–water partition coefficient (Wildman–Crippen LogP) is -0.739. The summed E-state index contributed by atoms with van der Waals surface area (Å²) in [5.41, 5.74) is 0.906. The number of hydrogen-bond donors (Lipinski definition) is 2. The van der Waals surface area contributed by atoms with Gasteiger partial charge in [0.15, 0.2) is 5.78 Å². The molecule has 0 bridgehead atoms. The van der Waals surface area contributed by atoms with Crippen LogP contribution in [0.1, 0.15) is 19.8 Å². The number of nitrogens with one attached hydrogen (secondary N) is 1. The lowest BCUT2D eigenvalue weighted by molar-refractivity contribution is -0.136. The lowest BCUT2D eigenvalue weighted by Crippen LogP contribution is -2.40. The zero-order valence-corrected chi connectivity index (χ0v) is 10.7. The van der Waals surface area contributed by atoms with Crippen LogP contribution in [0.2, 0.25) is 0 Å². The van der Waals surface area contributed by atoms with Gasteiger partial charge in [-0.25, -0.2) is 0 Å². The summed E-state index contributed by atoms with van der Waals surface area (Å²) in [6, 6.07) is -0.465. The maximum absolute atomic E-state index is 12.2. The van der Waals surface area contributed by atoms with Gasteiger partial charge in [0.25, 0.3) is 0 Å². The van der Waals surface area contributed by atoms with Crippen molar-refractivity contribution in [3.63, 3.8) is 0 Å². The molecule has 1 amide bonds. The van der Waals surface area contributed by atoms with Gasteiger partial charge in [-0.15, -0.1) is 0 Å². The largest absolute Gasteiger partial charge is 0.391 e. The van der Waals surface area contributed by atoms with Gasteiger partial charge in [0.05, 0.1) is 25.2 Å². The van der Waals surface area contributed by atoms with Crippen LogP contribution in [0.25, 0.3) is 0 Å². The van der Waals surface area contributed by atoms with Gasteiger partial charge in [0.1, 0.15) is 0 Å². The number of β-amino-alcohol motifs (C(OH)–C–C–N with tert-alkyl or cyclic N) is 1. The van der Waals surface area contributed by atoms with Gasteiger partial charge in [-0.1, -0.05) is 0 Å². The van der Waals surface area contributed by atoms with E-state index in [0.29, 0.717) is 13.1 Å². The second-order valence-electron chi connectivity index (χ2n) is 4.93. The van der Waals surface area contributed by atoms with Crippen molar-refractivity contribution in [1.82, 2.24) is 15.1 Å². The first kappa shape index (κ1) is 12.9. The lowest BCUT2D eigenvalue weighted by Gasteiger charge is -2.24. The number of amides is 1. The minimum Gasteiger partial charge on any atom is -0.391 e. The first-order valence-corrected chi connectivity index (χ1v) is 6.10. The summed E-state index contributed by atoms with van der Waals surface area (Å²) >= 11 is 0. The van der Waals surface area contributed by atoms with E-state index in [0.717, 1.165) is 5.70 Å². The molecule has 6 heteroatoms. The maximum atomic E-state index is 12.2. The molecule has 0 radical (unpaired) electrons. The van der Waals surface area contributed by atoms with Crippen LogP contribution in [0, 0.1) is 0 Å². The Bertz CT molecular complexity index is 394. The Hall–Kier alpha value is -1.56. The number of carbonyl (C=O) groups excluding carboxylic acids is 2. The standard InChI is InChI=1S/C12H19N3O3/c1-8(16)11-4-10(17)6-15(11)12(18)3-9-5-13-7-14(9)2/h5,10-11,13,17H,3-4,6-7H2,1-2H3/t10-,11+/m1/s1. The fraction of sp³-hybridized carbons (Fsp3) is 0.667. The van der Waals surface area contributed by atoms with Crippen molar-refractivity contribution in [3.05, 3.63) is 11.9 Å². The molecule has 0 saturated carbocycles. The van der Waals surface area contributed by atoms with E-state index in [2.05, 4.69) is 5.32 Å². The first-order chi connectivity index (χ1) is 8.49. The number of hydrogen-bond acceptors (Lipinski definition) is 5. The molecule has 0 aromatic heterocycles. The molecule has 2 aliphatic rings. The summed E-state index contributed by atoms with van der Waals surface area (Å²) in [6.07, 6.45) is 1.85. The Morgan fingerprint density at radius 2 is 2.28 bits per heavy atom.